The van der Waals surface area contributed by atoms with E-state index in [1.165, 1.54) is 0 Å². The summed E-state index contributed by atoms with van der Waals surface area (Å²) in [7, 11) is 0. The third kappa shape index (κ3) is 2.17. The number of aryl methyl sites for hydroxylation is 2. The summed E-state index contributed by atoms with van der Waals surface area (Å²) in [5.74, 6) is 1.51. The number of nitrogens with zero attached hydrogens (tertiary/aromatic N) is 2. The highest BCUT2D eigenvalue weighted by molar-refractivity contribution is 5.41. The van der Waals surface area contributed by atoms with Gasteiger partial charge in [0.25, 0.3) is 0 Å². The van der Waals surface area contributed by atoms with Crippen LogP contribution in [-0.2, 0) is 12.8 Å². The lowest BCUT2D eigenvalue weighted by Gasteiger charge is -2.07. The monoisotopic (exact) mass is 179 g/mol. The van der Waals surface area contributed by atoms with Crippen molar-refractivity contribution in [3.05, 3.63) is 17.1 Å². The van der Waals surface area contributed by atoms with Crippen LogP contribution in [0.3, 0.4) is 0 Å². The van der Waals surface area contributed by atoms with Crippen LogP contribution >= 0.6 is 0 Å². The first kappa shape index (κ1) is 9.96. The van der Waals surface area contributed by atoms with Crippen molar-refractivity contribution >= 4 is 5.82 Å². The first-order valence-electron chi connectivity index (χ1n) is 4.80. The molecule has 0 bridgehead atoms. The zero-order valence-corrected chi connectivity index (χ0v) is 8.59. The lowest BCUT2D eigenvalue weighted by Crippen LogP contribution is -2.06. The van der Waals surface area contributed by atoms with Gasteiger partial charge in [0.1, 0.15) is 11.6 Å². The van der Waals surface area contributed by atoms with Crippen LogP contribution in [0.1, 0.15) is 37.4 Å². The fraction of sp³-hybridized carbons (Fsp3) is 0.600. The number of aromatic nitrogens is 2. The van der Waals surface area contributed by atoms with Crippen molar-refractivity contribution in [1.82, 2.24) is 9.97 Å². The van der Waals surface area contributed by atoms with E-state index in [1.54, 1.807) is 0 Å². The van der Waals surface area contributed by atoms with Crippen LogP contribution in [0.15, 0.2) is 0 Å². The Morgan fingerprint density at radius 3 is 2.46 bits per heavy atom. The second kappa shape index (κ2) is 4.21. The molecule has 3 nitrogen and oxygen atoms in total. The zero-order chi connectivity index (χ0) is 9.84. The number of hydrogen-bond acceptors (Lipinski definition) is 3. The van der Waals surface area contributed by atoms with Crippen molar-refractivity contribution < 1.29 is 0 Å². The highest BCUT2D eigenvalue weighted by Crippen LogP contribution is 2.13. The number of nitrogens with two attached hydrogens (primary N) is 1. The van der Waals surface area contributed by atoms with E-state index in [0.717, 1.165) is 36.3 Å². The first-order valence-corrected chi connectivity index (χ1v) is 4.80. The summed E-state index contributed by atoms with van der Waals surface area (Å²) in [6.45, 7) is 6.18. The lowest BCUT2D eigenvalue weighted by atomic mass is 10.2. The molecule has 0 aliphatic carbocycles. The van der Waals surface area contributed by atoms with E-state index < -0.39 is 0 Å². The molecule has 1 heterocycles. The van der Waals surface area contributed by atoms with Gasteiger partial charge in [-0.1, -0.05) is 13.8 Å². The second-order valence-corrected chi connectivity index (χ2v) is 3.20. The molecule has 13 heavy (non-hydrogen) atoms. The van der Waals surface area contributed by atoms with Crippen LogP contribution in [0.25, 0.3) is 0 Å². The van der Waals surface area contributed by atoms with E-state index in [-0.39, 0.29) is 0 Å². The molecule has 0 aliphatic heterocycles. The van der Waals surface area contributed by atoms with Crippen LogP contribution in [0.5, 0.6) is 0 Å². The van der Waals surface area contributed by atoms with E-state index in [4.69, 9.17) is 5.73 Å². The summed E-state index contributed by atoms with van der Waals surface area (Å²) in [5.41, 5.74) is 7.89. The highest BCUT2D eigenvalue weighted by Gasteiger charge is 2.05. The fourth-order valence-electron chi connectivity index (χ4n) is 1.31. The Labute approximate surface area is 79.4 Å². The minimum atomic E-state index is 0.635. The predicted octanol–water partition coefficient (Wildman–Crippen LogP) is 1.88. The van der Waals surface area contributed by atoms with Gasteiger partial charge in [0.05, 0.1) is 0 Å². The Hall–Kier alpha value is -1.12. The summed E-state index contributed by atoms with van der Waals surface area (Å²) in [6.07, 6.45) is 2.90. The summed E-state index contributed by atoms with van der Waals surface area (Å²) in [4.78, 5) is 8.69. The predicted molar refractivity (Wildman–Crippen MR) is 54.6 cm³/mol. The molecule has 0 atom stereocenters. The molecule has 1 rings (SSSR count). The topological polar surface area (TPSA) is 51.8 Å². The molecule has 0 radical (unpaired) electrons. The van der Waals surface area contributed by atoms with Crippen molar-refractivity contribution in [2.24, 2.45) is 0 Å². The molecule has 0 unspecified atom stereocenters. The van der Waals surface area contributed by atoms with Crippen LogP contribution in [-0.4, -0.2) is 9.97 Å². The van der Waals surface area contributed by atoms with Crippen LogP contribution < -0.4 is 5.73 Å². The van der Waals surface area contributed by atoms with Crippen molar-refractivity contribution in [2.75, 3.05) is 5.73 Å². The molecular weight excluding hydrogens is 162 g/mol. The van der Waals surface area contributed by atoms with Crippen molar-refractivity contribution in [1.29, 1.82) is 0 Å². The molecule has 1 aromatic rings. The van der Waals surface area contributed by atoms with Gasteiger partial charge in [-0.25, -0.2) is 9.97 Å². The molecule has 0 aliphatic rings. The van der Waals surface area contributed by atoms with Gasteiger partial charge in [-0.15, -0.1) is 0 Å². The van der Waals surface area contributed by atoms with Gasteiger partial charge >= 0.3 is 0 Å². The van der Waals surface area contributed by atoms with E-state index in [2.05, 4.69) is 23.8 Å². The van der Waals surface area contributed by atoms with Crippen molar-refractivity contribution in [2.45, 2.75) is 40.0 Å². The van der Waals surface area contributed by atoms with Gasteiger partial charge in [0, 0.05) is 17.7 Å². The molecule has 0 fully saturated rings. The van der Waals surface area contributed by atoms with Crippen molar-refractivity contribution in [3.63, 3.8) is 0 Å². The van der Waals surface area contributed by atoms with E-state index in [9.17, 15) is 0 Å². The maximum absolute atomic E-state index is 5.78. The molecule has 0 saturated heterocycles. The number of anilines is 1. The van der Waals surface area contributed by atoms with E-state index in [1.807, 2.05) is 6.92 Å². The van der Waals surface area contributed by atoms with Gasteiger partial charge in [-0.2, -0.15) is 0 Å². The SMILES string of the molecule is CCCc1nc(N)c(C)c(CC)n1. The number of hydrogen-bond donors (Lipinski definition) is 1. The van der Waals surface area contributed by atoms with E-state index in [0.29, 0.717) is 5.82 Å². The lowest BCUT2D eigenvalue weighted by molar-refractivity contribution is 0.810. The van der Waals surface area contributed by atoms with Gasteiger partial charge < -0.3 is 5.73 Å². The quantitative estimate of drug-likeness (QED) is 0.770. The van der Waals surface area contributed by atoms with Gasteiger partial charge in [0.2, 0.25) is 0 Å². The Kier molecular flexibility index (Phi) is 3.23. The van der Waals surface area contributed by atoms with Gasteiger partial charge in [0.15, 0.2) is 0 Å². The molecule has 0 spiro atoms. The van der Waals surface area contributed by atoms with E-state index >= 15 is 0 Å². The molecule has 0 amide bonds. The third-order valence-corrected chi connectivity index (χ3v) is 2.14. The molecule has 2 N–H and O–H groups in total. The average molecular weight is 179 g/mol. The minimum absolute atomic E-state index is 0.635. The normalized spacial score (nSPS) is 10.4. The zero-order valence-electron chi connectivity index (χ0n) is 8.59. The van der Waals surface area contributed by atoms with Crippen LogP contribution in [0.2, 0.25) is 0 Å². The second-order valence-electron chi connectivity index (χ2n) is 3.20. The standard InChI is InChI=1S/C10H17N3/c1-4-6-9-12-8(5-2)7(3)10(11)13-9/h4-6H2,1-3H3,(H2,11,12,13). The molecule has 0 aromatic carbocycles. The number of rotatable bonds is 3. The smallest absolute Gasteiger partial charge is 0.131 e. The summed E-state index contributed by atoms with van der Waals surface area (Å²) < 4.78 is 0. The van der Waals surface area contributed by atoms with Crippen molar-refractivity contribution in [3.8, 4) is 0 Å². The highest BCUT2D eigenvalue weighted by atomic mass is 14.9. The van der Waals surface area contributed by atoms with Gasteiger partial charge in [-0.3, -0.25) is 0 Å². The fourth-order valence-corrected chi connectivity index (χ4v) is 1.31. The third-order valence-electron chi connectivity index (χ3n) is 2.14. The van der Waals surface area contributed by atoms with Crippen LogP contribution in [0.4, 0.5) is 5.82 Å². The van der Waals surface area contributed by atoms with Crippen LogP contribution in [0, 0.1) is 6.92 Å². The maximum Gasteiger partial charge on any atom is 0.131 e. The average Bonchev–Trinajstić information content (AvgIpc) is 2.11. The summed E-state index contributed by atoms with van der Waals surface area (Å²) >= 11 is 0. The number of nitrogen functional groups attached to an aromatic ring is 1. The molecule has 72 valence electrons. The summed E-state index contributed by atoms with van der Waals surface area (Å²) in [6, 6.07) is 0. The minimum Gasteiger partial charge on any atom is -0.383 e. The molecule has 1 aromatic heterocycles. The molecule has 3 heteroatoms. The molecule has 0 saturated carbocycles. The Bertz CT molecular complexity index is 294. The molecular formula is C10H17N3. The Morgan fingerprint density at radius 1 is 1.23 bits per heavy atom. The maximum atomic E-state index is 5.78. The summed E-state index contributed by atoms with van der Waals surface area (Å²) in [5, 5.41) is 0. The Morgan fingerprint density at radius 2 is 1.92 bits per heavy atom. The van der Waals surface area contributed by atoms with Gasteiger partial charge in [-0.05, 0) is 19.8 Å². The first-order chi connectivity index (χ1) is 6.19. The largest absolute Gasteiger partial charge is 0.383 e. The Balaban J connectivity index is 3.06.